The normalized spacial score (nSPS) is 13.1. The molecule has 0 saturated carbocycles. The van der Waals surface area contributed by atoms with Crippen LogP contribution in [0.2, 0.25) is 0 Å². The van der Waals surface area contributed by atoms with E-state index in [1.54, 1.807) is 32.2 Å². The summed E-state index contributed by atoms with van der Waals surface area (Å²) in [4.78, 5) is 0. The molecule has 0 N–H and O–H groups in total. The Hall–Kier alpha value is -1.27. The van der Waals surface area contributed by atoms with Gasteiger partial charge in [0.25, 0.3) is 10.1 Å². The molecule has 17 heavy (non-hydrogen) atoms. The van der Waals surface area contributed by atoms with Gasteiger partial charge in [0.2, 0.25) is 0 Å². The van der Waals surface area contributed by atoms with Crippen LogP contribution in [0.25, 0.3) is 0 Å². The third-order valence-corrected chi connectivity index (χ3v) is 2.56. The van der Waals surface area contributed by atoms with Crippen LogP contribution < -0.4 is 9.47 Å². The Bertz CT molecular complexity index is 455. The summed E-state index contributed by atoms with van der Waals surface area (Å²) >= 11 is 0. The second-order valence-corrected chi connectivity index (χ2v) is 5.17. The molecule has 0 amide bonds. The Morgan fingerprint density at radius 2 is 1.82 bits per heavy atom. The van der Waals surface area contributed by atoms with E-state index in [-0.39, 0.29) is 6.61 Å². The molecule has 1 aromatic rings. The van der Waals surface area contributed by atoms with Crippen LogP contribution in [0.4, 0.5) is 0 Å². The third kappa shape index (κ3) is 5.06. The van der Waals surface area contributed by atoms with Crippen molar-refractivity contribution in [2.75, 3.05) is 20.0 Å². The molecular weight excluding hydrogens is 244 g/mol. The first-order valence-corrected chi connectivity index (χ1v) is 6.88. The highest BCUT2D eigenvalue weighted by Gasteiger charge is 2.12. The summed E-state index contributed by atoms with van der Waals surface area (Å²) < 4.78 is 37.0. The van der Waals surface area contributed by atoms with Gasteiger partial charge in [-0.15, -0.1) is 0 Å². The molecule has 1 atom stereocenters. The molecule has 0 spiro atoms. The Kier molecular flexibility index (Phi) is 4.77. The van der Waals surface area contributed by atoms with Crippen LogP contribution in [-0.4, -0.2) is 34.5 Å². The maximum Gasteiger partial charge on any atom is 0.264 e. The van der Waals surface area contributed by atoms with Crippen LogP contribution >= 0.6 is 0 Å². The van der Waals surface area contributed by atoms with Crippen molar-refractivity contribution in [2.45, 2.75) is 13.0 Å². The minimum absolute atomic E-state index is 0.132. The average molecular weight is 260 g/mol. The van der Waals surface area contributed by atoms with E-state index in [1.165, 1.54) is 0 Å². The van der Waals surface area contributed by atoms with Crippen molar-refractivity contribution in [1.82, 2.24) is 0 Å². The molecule has 0 aliphatic heterocycles. The Labute approximate surface area is 101 Å². The maximum absolute atomic E-state index is 10.9. The molecule has 0 aliphatic rings. The lowest BCUT2D eigenvalue weighted by molar-refractivity contribution is 0.147. The lowest BCUT2D eigenvalue weighted by Gasteiger charge is -2.14. The van der Waals surface area contributed by atoms with Gasteiger partial charge in [0.05, 0.1) is 13.4 Å². The molecule has 0 aliphatic carbocycles. The van der Waals surface area contributed by atoms with Crippen LogP contribution in [0.3, 0.4) is 0 Å². The second kappa shape index (κ2) is 5.88. The van der Waals surface area contributed by atoms with Gasteiger partial charge in [-0.3, -0.25) is 4.18 Å². The van der Waals surface area contributed by atoms with Gasteiger partial charge in [0.1, 0.15) is 12.7 Å². The summed E-state index contributed by atoms with van der Waals surface area (Å²) in [6.07, 6.45) is 0.460. The average Bonchev–Trinajstić information content (AvgIpc) is 2.24. The topological polar surface area (TPSA) is 61.8 Å². The van der Waals surface area contributed by atoms with Crippen molar-refractivity contribution in [1.29, 1.82) is 0 Å². The smallest absolute Gasteiger partial charge is 0.264 e. The molecular formula is C11H16O5S. The zero-order valence-electron chi connectivity index (χ0n) is 10.0. The van der Waals surface area contributed by atoms with Crippen LogP contribution in [-0.2, 0) is 14.3 Å². The van der Waals surface area contributed by atoms with E-state index in [0.29, 0.717) is 11.5 Å². The van der Waals surface area contributed by atoms with Gasteiger partial charge in [0.15, 0.2) is 11.5 Å². The van der Waals surface area contributed by atoms with Gasteiger partial charge >= 0.3 is 0 Å². The van der Waals surface area contributed by atoms with Gasteiger partial charge in [-0.1, -0.05) is 12.1 Å². The minimum atomic E-state index is -3.45. The fraction of sp³-hybridized carbons (Fsp3) is 0.455. The van der Waals surface area contributed by atoms with Crippen molar-refractivity contribution < 1.29 is 22.1 Å². The summed E-state index contributed by atoms with van der Waals surface area (Å²) in [5, 5.41) is 0. The van der Waals surface area contributed by atoms with E-state index < -0.39 is 16.2 Å². The van der Waals surface area contributed by atoms with Gasteiger partial charge < -0.3 is 9.47 Å². The molecule has 1 aromatic carbocycles. The lowest BCUT2D eigenvalue weighted by atomic mass is 10.3. The largest absolute Gasteiger partial charge is 0.493 e. The number of hydrogen-bond acceptors (Lipinski definition) is 5. The van der Waals surface area contributed by atoms with Crippen molar-refractivity contribution in [2.24, 2.45) is 0 Å². The van der Waals surface area contributed by atoms with Crippen molar-refractivity contribution in [3.05, 3.63) is 24.3 Å². The number of para-hydroxylation sites is 2. The van der Waals surface area contributed by atoms with E-state index in [4.69, 9.17) is 13.7 Å². The number of hydrogen-bond donors (Lipinski definition) is 0. The van der Waals surface area contributed by atoms with E-state index in [9.17, 15) is 8.42 Å². The molecule has 1 rings (SSSR count). The number of benzene rings is 1. The first kappa shape index (κ1) is 13.8. The summed E-state index contributed by atoms with van der Waals surface area (Å²) in [7, 11) is -1.91. The van der Waals surface area contributed by atoms with Gasteiger partial charge in [-0.2, -0.15) is 8.42 Å². The van der Waals surface area contributed by atoms with Crippen LogP contribution in [0.15, 0.2) is 24.3 Å². The zero-order valence-corrected chi connectivity index (χ0v) is 10.9. The van der Waals surface area contributed by atoms with E-state index in [1.807, 2.05) is 6.07 Å². The molecule has 0 fully saturated rings. The predicted molar refractivity (Wildman–Crippen MR) is 63.9 cm³/mol. The molecule has 1 unspecified atom stereocenters. The quantitative estimate of drug-likeness (QED) is 0.724. The monoisotopic (exact) mass is 260 g/mol. The van der Waals surface area contributed by atoms with E-state index in [2.05, 4.69) is 0 Å². The molecule has 5 nitrogen and oxygen atoms in total. The van der Waals surface area contributed by atoms with E-state index in [0.717, 1.165) is 6.26 Å². The summed E-state index contributed by atoms with van der Waals surface area (Å²) in [6.45, 7) is 1.75. The Morgan fingerprint density at radius 3 is 2.35 bits per heavy atom. The second-order valence-electron chi connectivity index (χ2n) is 3.57. The first-order chi connectivity index (χ1) is 7.92. The lowest BCUT2D eigenvalue weighted by Crippen LogP contribution is -2.21. The van der Waals surface area contributed by atoms with Crippen molar-refractivity contribution >= 4 is 10.1 Å². The molecule has 0 aromatic heterocycles. The molecule has 0 heterocycles. The SMILES string of the molecule is COc1ccccc1OCC(C)OS(C)(=O)=O. The highest BCUT2D eigenvalue weighted by molar-refractivity contribution is 7.86. The van der Waals surface area contributed by atoms with Crippen LogP contribution in [0.1, 0.15) is 6.92 Å². The third-order valence-electron chi connectivity index (χ3n) is 1.88. The Balaban J connectivity index is 2.55. The predicted octanol–water partition coefficient (Wildman–Crippen LogP) is 1.44. The molecule has 0 saturated heterocycles. The highest BCUT2D eigenvalue weighted by atomic mass is 32.2. The van der Waals surface area contributed by atoms with Crippen LogP contribution in [0.5, 0.6) is 11.5 Å². The fourth-order valence-electron chi connectivity index (χ4n) is 1.27. The highest BCUT2D eigenvalue weighted by Crippen LogP contribution is 2.25. The number of ether oxygens (including phenoxy) is 2. The van der Waals surface area contributed by atoms with Gasteiger partial charge in [0, 0.05) is 0 Å². The zero-order chi connectivity index (χ0) is 12.9. The summed E-state index contributed by atoms with van der Waals surface area (Å²) in [5.74, 6) is 1.15. The summed E-state index contributed by atoms with van der Waals surface area (Å²) in [6, 6.07) is 7.13. The fourth-order valence-corrected chi connectivity index (χ4v) is 1.92. The summed E-state index contributed by atoms with van der Waals surface area (Å²) in [5.41, 5.74) is 0. The van der Waals surface area contributed by atoms with E-state index >= 15 is 0 Å². The van der Waals surface area contributed by atoms with Crippen LogP contribution in [0, 0.1) is 0 Å². The maximum atomic E-state index is 10.9. The van der Waals surface area contributed by atoms with Crippen molar-refractivity contribution in [3.63, 3.8) is 0 Å². The first-order valence-electron chi connectivity index (χ1n) is 5.06. The van der Waals surface area contributed by atoms with Gasteiger partial charge in [-0.25, -0.2) is 0 Å². The molecule has 0 bridgehead atoms. The molecule has 0 radical (unpaired) electrons. The number of methoxy groups -OCH3 is 1. The Morgan fingerprint density at radius 1 is 1.24 bits per heavy atom. The number of rotatable bonds is 6. The van der Waals surface area contributed by atoms with Crippen molar-refractivity contribution in [3.8, 4) is 11.5 Å². The molecule has 6 heteroatoms. The minimum Gasteiger partial charge on any atom is -0.493 e. The molecule has 96 valence electrons. The standard InChI is InChI=1S/C11H16O5S/c1-9(16-17(3,12)13)8-15-11-7-5-4-6-10(11)14-2/h4-7,9H,8H2,1-3H3. The van der Waals surface area contributed by atoms with Gasteiger partial charge in [-0.05, 0) is 19.1 Å².